The maximum atomic E-state index is 12.7. The molecule has 1 fully saturated rings. The van der Waals surface area contributed by atoms with Crippen LogP contribution in [-0.4, -0.2) is 49.5 Å². The molecule has 6 heteroatoms. The quantitative estimate of drug-likeness (QED) is 0.771. The van der Waals surface area contributed by atoms with Gasteiger partial charge in [-0.05, 0) is 31.4 Å². The number of nitrogens with two attached hydrogens (primary N) is 1. The normalized spacial score (nSPS) is 18.3. The van der Waals surface area contributed by atoms with E-state index in [2.05, 4.69) is 13.8 Å². The van der Waals surface area contributed by atoms with Gasteiger partial charge in [-0.2, -0.15) is 0 Å². The largest absolute Gasteiger partial charge is 0.492 e. The van der Waals surface area contributed by atoms with Gasteiger partial charge in [-0.3, -0.25) is 9.59 Å². The van der Waals surface area contributed by atoms with Crippen molar-refractivity contribution in [2.24, 2.45) is 17.6 Å². The summed E-state index contributed by atoms with van der Waals surface area (Å²) in [5.41, 5.74) is 6.80. The molecule has 1 saturated heterocycles. The van der Waals surface area contributed by atoms with E-state index in [9.17, 15) is 9.59 Å². The average Bonchev–Trinajstić information content (AvgIpc) is 3.00. The topological polar surface area (TPSA) is 75.9 Å². The van der Waals surface area contributed by atoms with Crippen LogP contribution in [0.1, 0.15) is 33.6 Å². The molecule has 2 N–H and O–H groups in total. The van der Waals surface area contributed by atoms with E-state index in [4.69, 9.17) is 10.5 Å². The second-order valence-corrected chi connectivity index (χ2v) is 7.26. The van der Waals surface area contributed by atoms with E-state index in [1.165, 1.54) is 0 Å². The lowest BCUT2D eigenvalue weighted by atomic mass is 10.0. The van der Waals surface area contributed by atoms with Gasteiger partial charge in [-0.15, -0.1) is 0 Å². The molecule has 2 unspecified atom stereocenters. The molecule has 0 aromatic heterocycles. The maximum absolute atomic E-state index is 12.7. The monoisotopic (exact) mass is 361 g/mol. The van der Waals surface area contributed by atoms with Gasteiger partial charge in [0.1, 0.15) is 5.75 Å². The third-order valence-corrected chi connectivity index (χ3v) is 4.96. The first kappa shape index (κ1) is 20.2. The summed E-state index contributed by atoms with van der Waals surface area (Å²) in [6, 6.07) is 7.54. The number of benzene rings is 1. The standard InChI is InChI=1S/C20H31N3O3/c1-5-26-18-9-7-6-8-17(18)23-13-15(12-19(23)24)20(25)22(4)11-10-16(21)14(2)3/h6-9,14-16H,5,10-13,21H2,1-4H3. The fourth-order valence-corrected chi connectivity index (χ4v) is 3.16. The van der Waals surface area contributed by atoms with Gasteiger partial charge < -0.3 is 20.3 Å². The lowest BCUT2D eigenvalue weighted by Gasteiger charge is -2.24. The molecule has 1 aliphatic rings. The molecule has 0 radical (unpaired) electrons. The molecular formula is C20H31N3O3. The van der Waals surface area contributed by atoms with Crippen molar-refractivity contribution in [1.29, 1.82) is 0 Å². The van der Waals surface area contributed by atoms with E-state index in [1.54, 1.807) is 16.8 Å². The minimum Gasteiger partial charge on any atom is -0.492 e. The summed E-state index contributed by atoms with van der Waals surface area (Å²) >= 11 is 0. The van der Waals surface area contributed by atoms with Gasteiger partial charge >= 0.3 is 0 Å². The van der Waals surface area contributed by atoms with Crippen LogP contribution in [0.5, 0.6) is 5.75 Å². The number of amides is 2. The number of hydrogen-bond acceptors (Lipinski definition) is 4. The number of anilines is 1. The second-order valence-electron chi connectivity index (χ2n) is 7.26. The summed E-state index contributed by atoms with van der Waals surface area (Å²) < 4.78 is 5.63. The lowest BCUT2D eigenvalue weighted by Crippen LogP contribution is -2.38. The van der Waals surface area contributed by atoms with Crippen molar-refractivity contribution in [1.82, 2.24) is 4.90 Å². The van der Waals surface area contributed by atoms with Crippen LogP contribution in [0.4, 0.5) is 5.69 Å². The molecule has 1 aromatic carbocycles. The Balaban J connectivity index is 2.01. The first-order valence-corrected chi connectivity index (χ1v) is 9.37. The Kier molecular flexibility index (Phi) is 7.03. The molecule has 0 bridgehead atoms. The van der Waals surface area contributed by atoms with Crippen molar-refractivity contribution in [3.05, 3.63) is 24.3 Å². The van der Waals surface area contributed by atoms with Crippen LogP contribution in [0, 0.1) is 11.8 Å². The van der Waals surface area contributed by atoms with Crippen molar-refractivity contribution in [2.75, 3.05) is 31.6 Å². The number of hydrogen-bond donors (Lipinski definition) is 1. The highest BCUT2D eigenvalue weighted by Gasteiger charge is 2.37. The van der Waals surface area contributed by atoms with Crippen LogP contribution in [0.25, 0.3) is 0 Å². The van der Waals surface area contributed by atoms with Gasteiger partial charge in [0.2, 0.25) is 11.8 Å². The number of para-hydroxylation sites is 2. The Labute approximate surface area is 156 Å². The first-order chi connectivity index (χ1) is 12.3. The van der Waals surface area contributed by atoms with Crippen LogP contribution < -0.4 is 15.4 Å². The van der Waals surface area contributed by atoms with Crippen molar-refractivity contribution in [3.8, 4) is 5.75 Å². The van der Waals surface area contributed by atoms with Gasteiger partial charge in [0.25, 0.3) is 0 Å². The van der Waals surface area contributed by atoms with E-state index in [1.807, 2.05) is 31.2 Å². The molecule has 6 nitrogen and oxygen atoms in total. The van der Waals surface area contributed by atoms with Crippen LogP contribution in [-0.2, 0) is 9.59 Å². The van der Waals surface area contributed by atoms with Crippen molar-refractivity contribution < 1.29 is 14.3 Å². The molecular weight excluding hydrogens is 330 g/mol. The highest BCUT2D eigenvalue weighted by molar-refractivity contribution is 6.01. The van der Waals surface area contributed by atoms with Crippen LogP contribution >= 0.6 is 0 Å². The summed E-state index contributed by atoms with van der Waals surface area (Å²) in [6.45, 7) is 7.60. The summed E-state index contributed by atoms with van der Waals surface area (Å²) in [6.07, 6.45) is 0.997. The maximum Gasteiger partial charge on any atom is 0.227 e. The summed E-state index contributed by atoms with van der Waals surface area (Å²) in [4.78, 5) is 28.6. The summed E-state index contributed by atoms with van der Waals surface area (Å²) in [7, 11) is 1.79. The summed E-state index contributed by atoms with van der Waals surface area (Å²) in [5.74, 6) is 0.704. The number of ether oxygens (including phenoxy) is 1. The zero-order chi connectivity index (χ0) is 19.3. The molecule has 1 aliphatic heterocycles. The lowest BCUT2D eigenvalue weighted by molar-refractivity contribution is -0.134. The molecule has 2 atom stereocenters. The average molecular weight is 361 g/mol. The van der Waals surface area contributed by atoms with E-state index >= 15 is 0 Å². The molecule has 144 valence electrons. The van der Waals surface area contributed by atoms with Gasteiger partial charge in [0.15, 0.2) is 0 Å². The van der Waals surface area contributed by atoms with Gasteiger partial charge in [0.05, 0.1) is 18.2 Å². The minimum atomic E-state index is -0.322. The molecule has 26 heavy (non-hydrogen) atoms. The second kappa shape index (κ2) is 9.03. The highest BCUT2D eigenvalue weighted by Crippen LogP contribution is 2.33. The predicted octanol–water partition coefficient (Wildman–Crippen LogP) is 2.27. The smallest absolute Gasteiger partial charge is 0.227 e. The van der Waals surface area contributed by atoms with Crippen LogP contribution in [0.3, 0.4) is 0 Å². The SMILES string of the molecule is CCOc1ccccc1N1CC(C(=O)N(C)CCC(N)C(C)C)CC1=O. The Hall–Kier alpha value is -2.08. The Morgan fingerprint density at radius 1 is 1.38 bits per heavy atom. The first-order valence-electron chi connectivity index (χ1n) is 9.37. The third-order valence-electron chi connectivity index (χ3n) is 4.96. The Morgan fingerprint density at radius 2 is 2.08 bits per heavy atom. The fraction of sp³-hybridized carbons (Fsp3) is 0.600. The zero-order valence-corrected chi connectivity index (χ0v) is 16.3. The Morgan fingerprint density at radius 3 is 2.73 bits per heavy atom. The number of carbonyl (C=O) groups excluding carboxylic acids is 2. The Bertz CT molecular complexity index is 632. The van der Waals surface area contributed by atoms with Gasteiger partial charge in [-0.25, -0.2) is 0 Å². The molecule has 2 rings (SSSR count). The molecule has 0 saturated carbocycles. The van der Waals surface area contributed by atoms with Gasteiger partial charge in [0, 0.05) is 32.6 Å². The number of rotatable bonds is 8. The fourth-order valence-electron chi connectivity index (χ4n) is 3.16. The number of carbonyl (C=O) groups is 2. The van der Waals surface area contributed by atoms with Crippen molar-refractivity contribution >= 4 is 17.5 Å². The number of nitrogens with zero attached hydrogens (tertiary/aromatic N) is 2. The molecule has 0 aliphatic carbocycles. The van der Waals surface area contributed by atoms with E-state index in [0.29, 0.717) is 31.4 Å². The summed E-state index contributed by atoms with van der Waals surface area (Å²) in [5, 5.41) is 0. The third kappa shape index (κ3) is 4.75. The van der Waals surface area contributed by atoms with E-state index in [0.717, 1.165) is 12.1 Å². The van der Waals surface area contributed by atoms with Crippen LogP contribution in [0.15, 0.2) is 24.3 Å². The van der Waals surface area contributed by atoms with E-state index < -0.39 is 0 Å². The predicted molar refractivity (Wildman–Crippen MR) is 103 cm³/mol. The molecule has 1 aromatic rings. The van der Waals surface area contributed by atoms with Crippen molar-refractivity contribution in [2.45, 2.75) is 39.7 Å². The molecule has 2 amide bonds. The molecule has 0 spiro atoms. The van der Waals surface area contributed by atoms with Crippen LogP contribution in [0.2, 0.25) is 0 Å². The highest BCUT2D eigenvalue weighted by atomic mass is 16.5. The zero-order valence-electron chi connectivity index (χ0n) is 16.3. The van der Waals surface area contributed by atoms with E-state index in [-0.39, 0.29) is 30.2 Å². The van der Waals surface area contributed by atoms with Gasteiger partial charge in [-0.1, -0.05) is 26.0 Å². The minimum absolute atomic E-state index is 0.00528. The van der Waals surface area contributed by atoms with Crippen molar-refractivity contribution in [3.63, 3.8) is 0 Å². The molecule has 1 heterocycles.